The van der Waals surface area contributed by atoms with Gasteiger partial charge in [-0.05, 0) is 26.1 Å². The number of likely N-dealkylation sites (N-methyl/N-ethyl adjacent to an activating group) is 1. The zero-order chi connectivity index (χ0) is 16.3. The lowest BCUT2D eigenvalue weighted by atomic mass is 9.96. The molecular formula is C15H22N6O2. The van der Waals surface area contributed by atoms with E-state index < -0.39 is 5.54 Å². The van der Waals surface area contributed by atoms with E-state index in [0.717, 1.165) is 0 Å². The maximum atomic E-state index is 9.87. The molecule has 2 aromatic heterocycles. The number of aromatic nitrogens is 4. The molecule has 2 aromatic rings. The van der Waals surface area contributed by atoms with Crippen molar-refractivity contribution in [2.75, 3.05) is 38.7 Å². The highest BCUT2D eigenvalue weighted by Gasteiger charge is 2.40. The Balaban J connectivity index is 1.67. The lowest BCUT2D eigenvalue weighted by Gasteiger charge is -2.47. The smallest absolute Gasteiger partial charge is 0.160 e. The number of imidazole rings is 1. The Morgan fingerprint density at radius 3 is 2.96 bits per heavy atom. The molecular weight excluding hydrogens is 296 g/mol. The fourth-order valence-corrected chi connectivity index (χ4v) is 2.70. The molecule has 23 heavy (non-hydrogen) atoms. The molecule has 8 nitrogen and oxygen atoms in total. The summed E-state index contributed by atoms with van der Waals surface area (Å²) < 4.78 is 7.42. The maximum Gasteiger partial charge on any atom is 0.160 e. The van der Waals surface area contributed by atoms with Crippen molar-refractivity contribution in [3.8, 4) is 5.82 Å². The zero-order valence-electron chi connectivity index (χ0n) is 13.4. The number of aliphatic hydroxyl groups is 1. The predicted octanol–water partition coefficient (Wildman–Crippen LogP) is 0.156. The molecule has 1 fully saturated rings. The first-order valence-electron chi connectivity index (χ1n) is 7.62. The number of aliphatic hydroxyl groups excluding tert-OH is 1. The molecule has 3 rings (SSSR count). The zero-order valence-corrected chi connectivity index (χ0v) is 13.4. The molecule has 124 valence electrons. The fraction of sp³-hybridized carbons (Fsp3) is 0.533. The number of morpholine rings is 1. The SMILES string of the molecule is C[C@@H]1COC[C@@](CO)(CNc2ccc(-n3ccnc3)nn2)N1C. The van der Waals surface area contributed by atoms with E-state index in [2.05, 4.69) is 32.3 Å². The molecule has 2 atom stereocenters. The van der Waals surface area contributed by atoms with Crippen molar-refractivity contribution < 1.29 is 9.84 Å². The van der Waals surface area contributed by atoms with Gasteiger partial charge in [-0.3, -0.25) is 9.47 Å². The van der Waals surface area contributed by atoms with Crippen LogP contribution in [0.5, 0.6) is 0 Å². The van der Waals surface area contributed by atoms with Crippen LogP contribution in [0.25, 0.3) is 5.82 Å². The van der Waals surface area contributed by atoms with Gasteiger partial charge in [0.05, 0.1) is 25.4 Å². The van der Waals surface area contributed by atoms with Gasteiger partial charge in [-0.25, -0.2) is 4.98 Å². The number of rotatable bonds is 5. The molecule has 8 heteroatoms. The summed E-state index contributed by atoms with van der Waals surface area (Å²) in [6.45, 7) is 3.80. The van der Waals surface area contributed by atoms with Crippen molar-refractivity contribution in [1.29, 1.82) is 0 Å². The Morgan fingerprint density at radius 1 is 1.43 bits per heavy atom. The van der Waals surface area contributed by atoms with E-state index in [-0.39, 0.29) is 12.6 Å². The van der Waals surface area contributed by atoms with E-state index in [4.69, 9.17) is 4.74 Å². The number of hydrogen-bond donors (Lipinski definition) is 2. The van der Waals surface area contributed by atoms with E-state index in [0.29, 0.717) is 31.4 Å². The third kappa shape index (κ3) is 3.19. The first-order chi connectivity index (χ1) is 11.1. The van der Waals surface area contributed by atoms with Gasteiger partial charge in [0.1, 0.15) is 12.1 Å². The Hall–Kier alpha value is -2.03. The van der Waals surface area contributed by atoms with E-state index in [1.807, 2.05) is 25.4 Å². The maximum absolute atomic E-state index is 9.87. The molecule has 0 bridgehead atoms. The molecule has 0 saturated carbocycles. The Morgan fingerprint density at radius 2 is 2.30 bits per heavy atom. The summed E-state index contributed by atoms with van der Waals surface area (Å²) in [7, 11) is 2.01. The van der Waals surface area contributed by atoms with Crippen molar-refractivity contribution in [2.45, 2.75) is 18.5 Å². The summed E-state index contributed by atoms with van der Waals surface area (Å²) in [5.41, 5.74) is -0.456. The minimum Gasteiger partial charge on any atom is -0.394 e. The first kappa shape index (κ1) is 15.9. The van der Waals surface area contributed by atoms with Gasteiger partial charge in [0.2, 0.25) is 0 Å². The Labute approximate surface area is 135 Å². The van der Waals surface area contributed by atoms with Crippen LogP contribution in [0, 0.1) is 0 Å². The standard InChI is InChI=1S/C15H22N6O2/c1-12-7-23-10-15(9-22,20(12)2)8-17-13-3-4-14(19-18-13)21-6-5-16-11-21/h3-6,11-12,22H,7-10H2,1-2H3,(H,17,18)/t12-,15+/m1/s1. The number of hydrogen-bond acceptors (Lipinski definition) is 7. The second-order valence-electron chi connectivity index (χ2n) is 5.96. The third-order valence-electron chi connectivity index (χ3n) is 4.45. The van der Waals surface area contributed by atoms with Crippen LogP contribution in [0.1, 0.15) is 6.92 Å². The average molecular weight is 318 g/mol. The summed E-state index contributed by atoms with van der Waals surface area (Å²) >= 11 is 0. The summed E-state index contributed by atoms with van der Waals surface area (Å²) in [5.74, 6) is 1.37. The van der Waals surface area contributed by atoms with E-state index in [1.165, 1.54) is 0 Å². The number of nitrogens with zero attached hydrogens (tertiary/aromatic N) is 5. The van der Waals surface area contributed by atoms with Crippen LogP contribution in [0.2, 0.25) is 0 Å². The molecule has 1 aliphatic heterocycles. The molecule has 0 aliphatic carbocycles. The third-order valence-corrected chi connectivity index (χ3v) is 4.45. The topological polar surface area (TPSA) is 88.3 Å². The van der Waals surface area contributed by atoms with Crippen LogP contribution in [0.15, 0.2) is 30.9 Å². The predicted molar refractivity (Wildman–Crippen MR) is 85.5 cm³/mol. The second-order valence-corrected chi connectivity index (χ2v) is 5.96. The van der Waals surface area contributed by atoms with Crippen LogP contribution in [0.3, 0.4) is 0 Å². The summed E-state index contributed by atoms with van der Waals surface area (Å²) in [6.07, 6.45) is 5.18. The summed E-state index contributed by atoms with van der Waals surface area (Å²) in [6, 6.07) is 3.99. The molecule has 0 spiro atoms. The summed E-state index contributed by atoms with van der Waals surface area (Å²) in [5, 5.41) is 21.5. The van der Waals surface area contributed by atoms with Crippen LogP contribution >= 0.6 is 0 Å². The Bertz CT molecular complexity index is 617. The highest BCUT2D eigenvalue weighted by molar-refractivity contribution is 5.37. The molecule has 1 aliphatic rings. The van der Waals surface area contributed by atoms with E-state index in [9.17, 15) is 5.11 Å². The van der Waals surface area contributed by atoms with Crippen LogP contribution < -0.4 is 5.32 Å². The fourth-order valence-electron chi connectivity index (χ4n) is 2.70. The van der Waals surface area contributed by atoms with Gasteiger partial charge in [-0.2, -0.15) is 0 Å². The van der Waals surface area contributed by atoms with Gasteiger partial charge < -0.3 is 15.2 Å². The van der Waals surface area contributed by atoms with Gasteiger partial charge in [0.15, 0.2) is 5.82 Å². The number of anilines is 1. The molecule has 0 radical (unpaired) electrons. The molecule has 0 unspecified atom stereocenters. The lowest BCUT2D eigenvalue weighted by molar-refractivity contribution is -0.101. The van der Waals surface area contributed by atoms with Gasteiger partial charge in [0, 0.05) is 25.0 Å². The highest BCUT2D eigenvalue weighted by Crippen LogP contribution is 2.22. The second kappa shape index (κ2) is 6.61. The Kier molecular flexibility index (Phi) is 4.56. The van der Waals surface area contributed by atoms with E-state index in [1.54, 1.807) is 17.1 Å². The monoisotopic (exact) mass is 318 g/mol. The largest absolute Gasteiger partial charge is 0.394 e. The van der Waals surface area contributed by atoms with Gasteiger partial charge in [-0.15, -0.1) is 10.2 Å². The first-order valence-corrected chi connectivity index (χ1v) is 7.62. The van der Waals surface area contributed by atoms with Crippen LogP contribution in [-0.2, 0) is 4.74 Å². The van der Waals surface area contributed by atoms with Crippen molar-refractivity contribution in [2.24, 2.45) is 0 Å². The minimum absolute atomic E-state index is 0.0153. The molecule has 0 amide bonds. The van der Waals surface area contributed by atoms with Gasteiger partial charge in [0.25, 0.3) is 0 Å². The van der Waals surface area contributed by atoms with Crippen molar-refractivity contribution in [3.63, 3.8) is 0 Å². The van der Waals surface area contributed by atoms with Crippen molar-refractivity contribution in [1.82, 2.24) is 24.6 Å². The van der Waals surface area contributed by atoms with Crippen molar-refractivity contribution >= 4 is 5.82 Å². The van der Waals surface area contributed by atoms with Crippen molar-refractivity contribution in [3.05, 3.63) is 30.9 Å². The molecule has 3 heterocycles. The van der Waals surface area contributed by atoms with Crippen LogP contribution in [-0.4, -0.2) is 74.7 Å². The quantitative estimate of drug-likeness (QED) is 0.811. The van der Waals surface area contributed by atoms with Crippen LogP contribution in [0.4, 0.5) is 5.82 Å². The van der Waals surface area contributed by atoms with Gasteiger partial charge >= 0.3 is 0 Å². The molecule has 1 saturated heterocycles. The summed E-state index contributed by atoms with van der Waals surface area (Å²) in [4.78, 5) is 6.15. The molecule has 0 aromatic carbocycles. The highest BCUT2D eigenvalue weighted by atomic mass is 16.5. The number of nitrogens with one attached hydrogen (secondary N) is 1. The lowest BCUT2D eigenvalue weighted by Crippen LogP contribution is -2.64. The normalized spacial score (nSPS) is 25.4. The van der Waals surface area contributed by atoms with Gasteiger partial charge in [-0.1, -0.05) is 0 Å². The minimum atomic E-state index is -0.456. The van der Waals surface area contributed by atoms with E-state index >= 15 is 0 Å². The number of ether oxygens (including phenoxy) is 1. The average Bonchev–Trinajstić information content (AvgIpc) is 3.12. The molecule has 2 N–H and O–H groups in total.